The fourth-order valence-corrected chi connectivity index (χ4v) is 2.69. The first-order valence-corrected chi connectivity index (χ1v) is 8.38. The lowest BCUT2D eigenvalue weighted by Gasteiger charge is -2.08. The zero-order valence-electron chi connectivity index (χ0n) is 13.6. The first-order chi connectivity index (χ1) is 11.5. The molecular formula is C20H23F3O. The van der Waals surface area contributed by atoms with E-state index < -0.39 is 11.7 Å². The molecule has 0 fully saturated rings. The zero-order chi connectivity index (χ0) is 17.4. The summed E-state index contributed by atoms with van der Waals surface area (Å²) in [5.74, 6) is 0. The number of halogens is 3. The molecule has 1 nitrogen and oxygen atoms in total. The monoisotopic (exact) mass is 336 g/mol. The number of aliphatic hydroxyl groups excluding tert-OH is 1. The van der Waals surface area contributed by atoms with E-state index >= 15 is 0 Å². The topological polar surface area (TPSA) is 20.2 Å². The van der Waals surface area contributed by atoms with Gasteiger partial charge >= 0.3 is 6.18 Å². The van der Waals surface area contributed by atoms with E-state index in [9.17, 15) is 13.2 Å². The summed E-state index contributed by atoms with van der Waals surface area (Å²) in [6, 6.07) is 13.3. The lowest BCUT2D eigenvalue weighted by atomic mass is 10.00. The maximum absolute atomic E-state index is 12.6. The molecule has 0 bridgehead atoms. The summed E-state index contributed by atoms with van der Waals surface area (Å²) < 4.78 is 37.7. The third-order valence-corrected chi connectivity index (χ3v) is 4.12. The minimum absolute atomic E-state index is 0.269. The predicted molar refractivity (Wildman–Crippen MR) is 90.8 cm³/mol. The molecule has 0 heterocycles. The molecule has 0 aromatic heterocycles. The van der Waals surface area contributed by atoms with Crippen LogP contribution in [0.1, 0.15) is 43.2 Å². The van der Waals surface area contributed by atoms with Crippen LogP contribution in [0.4, 0.5) is 13.2 Å². The number of aliphatic hydroxyl groups is 1. The predicted octanol–water partition coefficient (Wildman–Crippen LogP) is 5.86. The van der Waals surface area contributed by atoms with Crippen molar-refractivity contribution >= 4 is 0 Å². The van der Waals surface area contributed by atoms with Gasteiger partial charge in [-0.2, -0.15) is 13.2 Å². The van der Waals surface area contributed by atoms with Gasteiger partial charge in [-0.25, -0.2) is 0 Å². The molecule has 1 N–H and O–H groups in total. The summed E-state index contributed by atoms with van der Waals surface area (Å²) in [5.41, 5.74) is 2.34. The summed E-state index contributed by atoms with van der Waals surface area (Å²) in [6.07, 6.45) is 2.08. The van der Waals surface area contributed by atoms with Gasteiger partial charge in [-0.05, 0) is 48.1 Å². The van der Waals surface area contributed by atoms with E-state index in [1.165, 1.54) is 17.7 Å². The molecule has 0 saturated carbocycles. The number of unbranched alkanes of at least 4 members (excludes halogenated alkanes) is 4. The number of hydrogen-bond acceptors (Lipinski definition) is 1. The first-order valence-electron chi connectivity index (χ1n) is 8.38. The van der Waals surface area contributed by atoms with E-state index in [0.717, 1.165) is 61.8 Å². The Morgan fingerprint density at radius 1 is 0.667 bits per heavy atom. The Hall–Kier alpha value is -1.81. The van der Waals surface area contributed by atoms with Gasteiger partial charge in [0.1, 0.15) is 0 Å². The lowest BCUT2D eigenvalue weighted by molar-refractivity contribution is -0.137. The SMILES string of the molecule is OCCCCCCCc1ccc(-c2ccc(C(F)(F)F)cc2)cc1. The van der Waals surface area contributed by atoms with Gasteiger partial charge in [0.25, 0.3) is 0 Å². The molecule has 2 aromatic rings. The molecular weight excluding hydrogens is 313 g/mol. The lowest BCUT2D eigenvalue weighted by Crippen LogP contribution is -2.03. The first kappa shape index (κ1) is 18.5. The Kier molecular flexibility index (Phi) is 6.85. The summed E-state index contributed by atoms with van der Waals surface area (Å²) in [6.45, 7) is 0.269. The Labute approximate surface area is 141 Å². The van der Waals surface area contributed by atoms with Crippen molar-refractivity contribution < 1.29 is 18.3 Å². The fraction of sp³-hybridized carbons (Fsp3) is 0.400. The standard InChI is InChI=1S/C20H23F3O/c21-20(22,23)19-13-11-18(12-14-19)17-9-7-16(8-10-17)6-4-2-1-3-5-15-24/h7-14,24H,1-6,15H2. The molecule has 0 atom stereocenters. The maximum atomic E-state index is 12.6. The van der Waals surface area contributed by atoms with Gasteiger partial charge < -0.3 is 5.11 Å². The Morgan fingerprint density at radius 2 is 1.17 bits per heavy atom. The van der Waals surface area contributed by atoms with Crippen LogP contribution in [0.3, 0.4) is 0 Å². The van der Waals surface area contributed by atoms with Crippen molar-refractivity contribution in [2.24, 2.45) is 0 Å². The molecule has 0 spiro atoms. The van der Waals surface area contributed by atoms with Crippen LogP contribution in [0, 0.1) is 0 Å². The highest BCUT2D eigenvalue weighted by Crippen LogP contribution is 2.31. The van der Waals surface area contributed by atoms with Gasteiger partial charge in [0.15, 0.2) is 0 Å². The van der Waals surface area contributed by atoms with Crippen LogP contribution in [0.2, 0.25) is 0 Å². The van der Waals surface area contributed by atoms with E-state index in [-0.39, 0.29) is 6.61 Å². The van der Waals surface area contributed by atoms with Gasteiger partial charge in [-0.15, -0.1) is 0 Å². The number of rotatable bonds is 8. The minimum Gasteiger partial charge on any atom is -0.396 e. The van der Waals surface area contributed by atoms with Crippen molar-refractivity contribution in [1.82, 2.24) is 0 Å². The van der Waals surface area contributed by atoms with Crippen LogP contribution in [-0.2, 0) is 12.6 Å². The molecule has 0 aliphatic rings. The average Bonchev–Trinajstić information content (AvgIpc) is 2.58. The summed E-state index contributed by atoms with van der Waals surface area (Å²) in [7, 11) is 0. The summed E-state index contributed by atoms with van der Waals surface area (Å²) >= 11 is 0. The summed E-state index contributed by atoms with van der Waals surface area (Å²) in [5, 5.41) is 8.72. The molecule has 24 heavy (non-hydrogen) atoms. The number of aryl methyl sites for hydroxylation is 1. The van der Waals surface area contributed by atoms with Crippen molar-refractivity contribution in [2.75, 3.05) is 6.61 Å². The fourth-order valence-electron chi connectivity index (χ4n) is 2.69. The van der Waals surface area contributed by atoms with Crippen LogP contribution in [0.15, 0.2) is 48.5 Å². The van der Waals surface area contributed by atoms with Crippen molar-refractivity contribution in [3.05, 3.63) is 59.7 Å². The van der Waals surface area contributed by atoms with E-state index in [0.29, 0.717) is 0 Å². The normalized spacial score (nSPS) is 11.7. The molecule has 2 aromatic carbocycles. The van der Waals surface area contributed by atoms with E-state index in [1.54, 1.807) is 0 Å². The van der Waals surface area contributed by atoms with Gasteiger partial charge in [0, 0.05) is 6.61 Å². The minimum atomic E-state index is -4.29. The van der Waals surface area contributed by atoms with Crippen LogP contribution in [0.25, 0.3) is 11.1 Å². The summed E-state index contributed by atoms with van der Waals surface area (Å²) in [4.78, 5) is 0. The Morgan fingerprint density at radius 3 is 1.71 bits per heavy atom. The number of hydrogen-bond donors (Lipinski definition) is 1. The van der Waals surface area contributed by atoms with Crippen LogP contribution < -0.4 is 0 Å². The highest BCUT2D eigenvalue weighted by Gasteiger charge is 2.29. The molecule has 4 heteroatoms. The van der Waals surface area contributed by atoms with Gasteiger partial charge in [0.2, 0.25) is 0 Å². The highest BCUT2D eigenvalue weighted by molar-refractivity contribution is 5.64. The van der Waals surface area contributed by atoms with Crippen LogP contribution in [-0.4, -0.2) is 11.7 Å². The number of benzene rings is 2. The van der Waals surface area contributed by atoms with Crippen molar-refractivity contribution in [1.29, 1.82) is 0 Å². The molecule has 2 rings (SSSR count). The quantitative estimate of drug-likeness (QED) is 0.599. The van der Waals surface area contributed by atoms with Gasteiger partial charge in [0.05, 0.1) is 5.56 Å². The zero-order valence-corrected chi connectivity index (χ0v) is 13.6. The van der Waals surface area contributed by atoms with E-state index in [4.69, 9.17) is 5.11 Å². The average molecular weight is 336 g/mol. The van der Waals surface area contributed by atoms with E-state index in [2.05, 4.69) is 0 Å². The van der Waals surface area contributed by atoms with Crippen molar-refractivity contribution in [2.45, 2.75) is 44.7 Å². The molecule has 0 aliphatic carbocycles. The molecule has 0 aliphatic heterocycles. The Bertz CT molecular complexity index is 600. The molecule has 0 radical (unpaired) electrons. The Balaban J connectivity index is 1.87. The van der Waals surface area contributed by atoms with Gasteiger partial charge in [-0.3, -0.25) is 0 Å². The van der Waals surface area contributed by atoms with Crippen molar-refractivity contribution in [3.63, 3.8) is 0 Å². The van der Waals surface area contributed by atoms with Gasteiger partial charge in [-0.1, -0.05) is 55.7 Å². The third kappa shape index (κ3) is 5.68. The maximum Gasteiger partial charge on any atom is 0.416 e. The van der Waals surface area contributed by atoms with Crippen LogP contribution >= 0.6 is 0 Å². The second kappa shape index (κ2) is 8.88. The third-order valence-electron chi connectivity index (χ3n) is 4.12. The van der Waals surface area contributed by atoms with Crippen molar-refractivity contribution in [3.8, 4) is 11.1 Å². The molecule has 0 amide bonds. The second-order valence-electron chi connectivity index (χ2n) is 6.01. The smallest absolute Gasteiger partial charge is 0.396 e. The number of alkyl halides is 3. The second-order valence-corrected chi connectivity index (χ2v) is 6.01. The largest absolute Gasteiger partial charge is 0.416 e. The highest BCUT2D eigenvalue weighted by atomic mass is 19.4. The molecule has 130 valence electrons. The van der Waals surface area contributed by atoms with Crippen LogP contribution in [0.5, 0.6) is 0 Å². The van der Waals surface area contributed by atoms with E-state index in [1.807, 2.05) is 24.3 Å². The molecule has 0 unspecified atom stereocenters. The molecule has 0 saturated heterocycles.